The molecule has 0 N–H and O–H groups in total. The topological polar surface area (TPSA) is 12.9 Å². The Balaban J connectivity index is 1.39. The van der Waals surface area contributed by atoms with Crippen LogP contribution in [0.25, 0.3) is 27.8 Å². The van der Waals surface area contributed by atoms with E-state index in [1.165, 1.54) is 33.4 Å². The summed E-state index contributed by atoms with van der Waals surface area (Å²) in [7, 11) is 0. The van der Waals surface area contributed by atoms with Gasteiger partial charge in [0, 0.05) is 28.3 Å². The number of pyridine rings is 1. The molecule has 0 bridgehead atoms. The van der Waals surface area contributed by atoms with E-state index in [1.807, 2.05) is 18.5 Å². The van der Waals surface area contributed by atoms with Crippen molar-refractivity contribution < 1.29 is 0 Å². The predicted octanol–water partition coefficient (Wildman–Crippen LogP) is 7.36. The van der Waals surface area contributed by atoms with Crippen LogP contribution in [0, 0.1) is 0 Å². The van der Waals surface area contributed by atoms with E-state index in [1.54, 1.807) is 0 Å². The van der Waals surface area contributed by atoms with Crippen molar-refractivity contribution in [2.45, 2.75) is 5.92 Å². The minimum atomic E-state index is 0.385. The number of hydrogen-bond acceptors (Lipinski definition) is 1. The first-order valence-electron chi connectivity index (χ1n) is 9.36. The highest BCUT2D eigenvalue weighted by Gasteiger charge is 2.28. The van der Waals surface area contributed by atoms with Gasteiger partial charge in [-0.3, -0.25) is 4.98 Å². The Kier molecular flexibility index (Phi) is 4.42. The molecule has 0 saturated carbocycles. The zero-order valence-corrected chi connectivity index (χ0v) is 16.8. The monoisotopic (exact) mass is 423 g/mol. The highest BCUT2D eigenvalue weighted by atomic mass is 79.9. The summed E-state index contributed by atoms with van der Waals surface area (Å²) in [6, 6.07) is 30.1. The first kappa shape index (κ1) is 17.2. The molecular formula is C26H18BrN. The van der Waals surface area contributed by atoms with Gasteiger partial charge in [0.05, 0.1) is 0 Å². The van der Waals surface area contributed by atoms with Crippen LogP contribution >= 0.6 is 15.9 Å². The van der Waals surface area contributed by atoms with Gasteiger partial charge in [-0.05, 0) is 51.6 Å². The average molecular weight is 424 g/mol. The molecule has 1 heterocycles. The van der Waals surface area contributed by atoms with Crippen LogP contribution in [-0.2, 0) is 0 Å². The van der Waals surface area contributed by atoms with Gasteiger partial charge in [-0.15, -0.1) is 0 Å². The van der Waals surface area contributed by atoms with Gasteiger partial charge in [0.15, 0.2) is 0 Å². The number of nitrogens with zero attached hydrogens (tertiary/aromatic N) is 1. The van der Waals surface area contributed by atoms with Crippen molar-refractivity contribution in [3.63, 3.8) is 0 Å². The van der Waals surface area contributed by atoms with Gasteiger partial charge < -0.3 is 0 Å². The maximum atomic E-state index is 4.25. The van der Waals surface area contributed by atoms with E-state index in [2.05, 4.69) is 106 Å². The number of allylic oxidation sites excluding steroid dienone is 2. The van der Waals surface area contributed by atoms with Gasteiger partial charge in [0.25, 0.3) is 0 Å². The molecule has 0 aliphatic heterocycles. The van der Waals surface area contributed by atoms with Gasteiger partial charge in [-0.1, -0.05) is 88.7 Å². The highest BCUT2D eigenvalue weighted by Crippen LogP contribution is 2.47. The van der Waals surface area contributed by atoms with Crippen LogP contribution in [0.4, 0.5) is 0 Å². The van der Waals surface area contributed by atoms with Crippen LogP contribution in [0.3, 0.4) is 0 Å². The molecule has 1 aromatic heterocycles. The second-order valence-electron chi connectivity index (χ2n) is 7.06. The standard InChI is InChI=1S/C26H18BrN/c27-24-14-22(21-7-4-12-28-17-21)13-23(15-24)26-16-25(26)20-10-8-19(9-11-20)18-5-2-1-3-6-18/h1-17,26H/t26-/m0/s1. The van der Waals surface area contributed by atoms with Crippen molar-refractivity contribution in [2.75, 3.05) is 0 Å². The first-order chi connectivity index (χ1) is 13.8. The third-order valence-corrected chi connectivity index (χ3v) is 5.63. The lowest BCUT2D eigenvalue weighted by Gasteiger charge is -2.08. The number of halogens is 1. The maximum absolute atomic E-state index is 4.25. The zero-order valence-electron chi connectivity index (χ0n) is 15.2. The maximum Gasteiger partial charge on any atom is 0.0346 e. The second-order valence-corrected chi connectivity index (χ2v) is 7.97. The summed E-state index contributed by atoms with van der Waals surface area (Å²) >= 11 is 3.67. The molecule has 0 spiro atoms. The molecule has 5 rings (SSSR count). The van der Waals surface area contributed by atoms with Crippen LogP contribution in [0.15, 0.2) is 108 Å². The van der Waals surface area contributed by atoms with Crippen LogP contribution < -0.4 is 0 Å². The van der Waals surface area contributed by atoms with Crippen molar-refractivity contribution in [1.29, 1.82) is 0 Å². The fourth-order valence-corrected chi connectivity index (χ4v) is 4.17. The third-order valence-electron chi connectivity index (χ3n) is 5.17. The Labute approximate surface area is 173 Å². The summed E-state index contributed by atoms with van der Waals surface area (Å²) in [6.07, 6.45) is 6.06. The summed E-state index contributed by atoms with van der Waals surface area (Å²) in [4.78, 5) is 4.25. The van der Waals surface area contributed by atoms with E-state index in [0.717, 1.165) is 10.0 Å². The zero-order chi connectivity index (χ0) is 18.9. The summed E-state index contributed by atoms with van der Waals surface area (Å²) in [6.45, 7) is 0. The van der Waals surface area contributed by atoms with Gasteiger partial charge >= 0.3 is 0 Å². The van der Waals surface area contributed by atoms with Crippen molar-refractivity contribution in [3.8, 4) is 22.3 Å². The van der Waals surface area contributed by atoms with Crippen LogP contribution in [0.1, 0.15) is 17.0 Å². The smallest absolute Gasteiger partial charge is 0.0346 e. The van der Waals surface area contributed by atoms with Gasteiger partial charge in [0.1, 0.15) is 0 Å². The fraction of sp³-hybridized carbons (Fsp3) is 0.0385. The van der Waals surface area contributed by atoms with E-state index in [9.17, 15) is 0 Å². The second kappa shape index (κ2) is 7.21. The van der Waals surface area contributed by atoms with E-state index in [4.69, 9.17) is 0 Å². The lowest BCUT2D eigenvalue weighted by Crippen LogP contribution is -1.88. The molecule has 28 heavy (non-hydrogen) atoms. The quantitative estimate of drug-likeness (QED) is 0.334. The number of hydrogen-bond donors (Lipinski definition) is 0. The molecule has 1 aliphatic carbocycles. The lowest BCUT2D eigenvalue weighted by molar-refractivity contribution is 1.23. The molecule has 134 valence electrons. The molecule has 1 nitrogen and oxygen atoms in total. The number of aromatic nitrogens is 1. The lowest BCUT2D eigenvalue weighted by atomic mass is 9.98. The molecule has 1 aliphatic rings. The van der Waals surface area contributed by atoms with Crippen molar-refractivity contribution in [1.82, 2.24) is 4.98 Å². The first-order valence-corrected chi connectivity index (χ1v) is 10.2. The van der Waals surface area contributed by atoms with E-state index < -0.39 is 0 Å². The summed E-state index contributed by atoms with van der Waals surface area (Å²) < 4.78 is 1.10. The predicted molar refractivity (Wildman–Crippen MR) is 120 cm³/mol. The molecule has 0 amide bonds. The molecule has 3 aromatic carbocycles. The molecule has 1 atom stereocenters. The normalized spacial score (nSPS) is 15.2. The van der Waals surface area contributed by atoms with E-state index in [0.29, 0.717) is 5.92 Å². The van der Waals surface area contributed by atoms with Gasteiger partial charge in [0.2, 0.25) is 0 Å². The third kappa shape index (κ3) is 3.44. The summed E-state index contributed by atoms with van der Waals surface area (Å²) in [5.74, 6) is 0.385. The van der Waals surface area contributed by atoms with Gasteiger partial charge in [-0.2, -0.15) is 0 Å². The molecule has 2 heteroatoms. The highest BCUT2D eigenvalue weighted by molar-refractivity contribution is 9.10. The number of rotatable bonds is 4. The van der Waals surface area contributed by atoms with Crippen molar-refractivity contribution in [3.05, 3.63) is 119 Å². The largest absolute Gasteiger partial charge is 0.264 e. The average Bonchev–Trinajstić information content (AvgIpc) is 3.56. The number of benzene rings is 3. The van der Waals surface area contributed by atoms with Gasteiger partial charge in [-0.25, -0.2) is 0 Å². The molecule has 0 unspecified atom stereocenters. The molecule has 0 saturated heterocycles. The van der Waals surface area contributed by atoms with Crippen molar-refractivity contribution >= 4 is 21.5 Å². The SMILES string of the molecule is Brc1cc(-c2cccnc2)cc([C@@H]2C=C2c2ccc(-c3ccccc3)cc2)c1. The van der Waals surface area contributed by atoms with Crippen LogP contribution in [0.2, 0.25) is 0 Å². The van der Waals surface area contributed by atoms with Crippen LogP contribution in [0.5, 0.6) is 0 Å². The molecule has 0 fully saturated rings. The Morgan fingerprint density at radius 1 is 0.643 bits per heavy atom. The Morgan fingerprint density at radius 3 is 2.11 bits per heavy atom. The Hall–Kier alpha value is -2.97. The minimum absolute atomic E-state index is 0.385. The molecular weight excluding hydrogens is 406 g/mol. The van der Waals surface area contributed by atoms with Crippen molar-refractivity contribution in [2.24, 2.45) is 0 Å². The Morgan fingerprint density at radius 2 is 1.36 bits per heavy atom. The fourth-order valence-electron chi connectivity index (χ4n) is 3.66. The minimum Gasteiger partial charge on any atom is -0.264 e. The van der Waals surface area contributed by atoms with Crippen LogP contribution in [-0.4, -0.2) is 4.98 Å². The summed E-state index contributed by atoms with van der Waals surface area (Å²) in [5, 5.41) is 0. The summed E-state index contributed by atoms with van der Waals surface area (Å²) in [5.41, 5.74) is 8.85. The van der Waals surface area contributed by atoms with E-state index >= 15 is 0 Å². The molecule has 4 aromatic rings. The van der Waals surface area contributed by atoms with E-state index in [-0.39, 0.29) is 0 Å². The molecule has 0 radical (unpaired) electrons. The Bertz CT molecular complexity index is 1150.